The van der Waals surface area contributed by atoms with Gasteiger partial charge in [0.1, 0.15) is 0 Å². The molecule has 0 spiro atoms. The summed E-state index contributed by atoms with van der Waals surface area (Å²) in [4.78, 5) is 1.29. The number of thiophene rings is 1. The van der Waals surface area contributed by atoms with Crippen molar-refractivity contribution in [3.63, 3.8) is 0 Å². The zero-order valence-electron chi connectivity index (χ0n) is 6.42. The van der Waals surface area contributed by atoms with E-state index in [2.05, 4.69) is 24.4 Å². The molecule has 11 heavy (non-hydrogen) atoms. The zero-order chi connectivity index (χ0) is 7.90. The smallest absolute Gasteiger partial charge is 0.0918 e. The van der Waals surface area contributed by atoms with Gasteiger partial charge in [0.2, 0.25) is 0 Å². The molecule has 1 aromatic heterocycles. The quantitative estimate of drug-likeness (QED) is 0.624. The van der Waals surface area contributed by atoms with E-state index >= 15 is 0 Å². The average molecular weight is 163 g/mol. The molecular formula is C9H9NS. The summed E-state index contributed by atoms with van der Waals surface area (Å²) in [5, 5.41) is 11.0. The fraction of sp³-hybridized carbons (Fsp3) is 0.444. The number of hydrogen-bond acceptors (Lipinski definition) is 2. The standard InChI is InChI=1S/C9H9NS/c1-7-2-5-11-8(7)9(6-10)3-4-9/h2,5H,3-4H2,1H3. The lowest BCUT2D eigenvalue weighted by molar-refractivity contribution is 0.925. The number of rotatable bonds is 1. The summed E-state index contributed by atoms with van der Waals surface area (Å²) in [6.45, 7) is 2.09. The van der Waals surface area contributed by atoms with Crippen molar-refractivity contribution in [2.24, 2.45) is 0 Å². The van der Waals surface area contributed by atoms with E-state index in [1.54, 1.807) is 11.3 Å². The second-order valence-corrected chi connectivity index (χ2v) is 4.04. The van der Waals surface area contributed by atoms with Crippen molar-refractivity contribution in [2.45, 2.75) is 25.2 Å². The van der Waals surface area contributed by atoms with Crippen LogP contribution in [0.5, 0.6) is 0 Å². The molecule has 1 aromatic rings. The summed E-state index contributed by atoms with van der Waals surface area (Å²) < 4.78 is 0. The third-order valence-corrected chi connectivity index (χ3v) is 3.48. The summed E-state index contributed by atoms with van der Waals surface area (Å²) in [6.07, 6.45) is 2.12. The molecule has 0 aromatic carbocycles. The molecule has 56 valence electrons. The predicted molar refractivity (Wildman–Crippen MR) is 45.6 cm³/mol. The van der Waals surface area contributed by atoms with Gasteiger partial charge in [0.05, 0.1) is 11.5 Å². The van der Waals surface area contributed by atoms with Crippen molar-refractivity contribution >= 4 is 11.3 Å². The third-order valence-electron chi connectivity index (χ3n) is 2.26. The molecule has 0 N–H and O–H groups in total. The van der Waals surface area contributed by atoms with E-state index in [4.69, 9.17) is 5.26 Å². The Balaban J connectivity index is 2.45. The van der Waals surface area contributed by atoms with Crippen molar-refractivity contribution in [1.29, 1.82) is 5.26 Å². The van der Waals surface area contributed by atoms with Gasteiger partial charge < -0.3 is 0 Å². The molecule has 0 aliphatic heterocycles. The number of nitriles is 1. The maximum atomic E-state index is 8.91. The summed E-state index contributed by atoms with van der Waals surface area (Å²) in [7, 11) is 0. The average Bonchev–Trinajstić information content (AvgIpc) is 2.70. The number of aryl methyl sites for hydroxylation is 1. The van der Waals surface area contributed by atoms with Gasteiger partial charge in [-0.1, -0.05) is 0 Å². The molecule has 1 nitrogen and oxygen atoms in total. The minimum atomic E-state index is -0.0712. The van der Waals surface area contributed by atoms with Crippen LogP contribution in [0.2, 0.25) is 0 Å². The van der Waals surface area contributed by atoms with Gasteiger partial charge in [-0.15, -0.1) is 11.3 Å². The Labute approximate surface area is 70.3 Å². The molecule has 0 saturated heterocycles. The predicted octanol–water partition coefficient (Wildman–Crippen LogP) is 2.61. The van der Waals surface area contributed by atoms with E-state index in [9.17, 15) is 0 Å². The molecule has 0 radical (unpaired) electrons. The second kappa shape index (κ2) is 2.09. The third kappa shape index (κ3) is 0.883. The van der Waals surface area contributed by atoms with Crippen molar-refractivity contribution in [1.82, 2.24) is 0 Å². The first-order chi connectivity index (χ1) is 5.28. The molecular weight excluding hydrogens is 154 g/mol. The fourth-order valence-corrected chi connectivity index (χ4v) is 2.52. The molecule has 1 aliphatic carbocycles. The van der Waals surface area contributed by atoms with Crippen LogP contribution >= 0.6 is 11.3 Å². The van der Waals surface area contributed by atoms with Crippen molar-refractivity contribution in [3.05, 3.63) is 21.9 Å². The molecule has 1 aliphatic rings. The van der Waals surface area contributed by atoms with Gasteiger partial charge in [0.25, 0.3) is 0 Å². The van der Waals surface area contributed by atoms with Crippen LogP contribution in [0.1, 0.15) is 23.3 Å². The summed E-state index contributed by atoms with van der Waals surface area (Å²) >= 11 is 1.72. The minimum absolute atomic E-state index is 0.0712. The van der Waals surface area contributed by atoms with Gasteiger partial charge >= 0.3 is 0 Å². The Morgan fingerprint density at radius 1 is 1.64 bits per heavy atom. The molecule has 0 amide bonds. The lowest BCUT2D eigenvalue weighted by Crippen LogP contribution is -2.00. The topological polar surface area (TPSA) is 23.8 Å². The summed E-state index contributed by atoms with van der Waals surface area (Å²) in [6, 6.07) is 4.50. The highest BCUT2D eigenvalue weighted by Gasteiger charge is 2.46. The van der Waals surface area contributed by atoms with Crippen LogP contribution in [0, 0.1) is 18.3 Å². The highest BCUT2D eigenvalue weighted by atomic mass is 32.1. The van der Waals surface area contributed by atoms with Crippen LogP contribution in [0.4, 0.5) is 0 Å². The van der Waals surface area contributed by atoms with Crippen molar-refractivity contribution < 1.29 is 0 Å². The minimum Gasteiger partial charge on any atom is -0.197 e. The number of nitrogens with zero attached hydrogens (tertiary/aromatic N) is 1. The monoisotopic (exact) mass is 163 g/mol. The summed E-state index contributed by atoms with van der Waals surface area (Å²) in [5.41, 5.74) is 1.21. The molecule has 0 bridgehead atoms. The molecule has 2 heteroatoms. The van der Waals surface area contributed by atoms with Gasteiger partial charge in [0, 0.05) is 4.88 Å². The van der Waals surface area contributed by atoms with Gasteiger partial charge in [-0.25, -0.2) is 0 Å². The zero-order valence-corrected chi connectivity index (χ0v) is 7.24. The number of hydrogen-bond donors (Lipinski definition) is 0. The normalized spacial score (nSPS) is 19.3. The lowest BCUT2D eigenvalue weighted by Gasteiger charge is -2.02. The molecule has 2 rings (SSSR count). The first kappa shape index (κ1) is 6.87. The lowest BCUT2D eigenvalue weighted by atomic mass is 10.0. The highest BCUT2D eigenvalue weighted by molar-refractivity contribution is 7.10. The van der Waals surface area contributed by atoms with E-state index in [0.717, 1.165) is 12.8 Å². The largest absolute Gasteiger partial charge is 0.197 e. The van der Waals surface area contributed by atoms with E-state index in [1.165, 1.54) is 10.4 Å². The second-order valence-electron chi connectivity index (χ2n) is 3.13. The van der Waals surface area contributed by atoms with Crippen LogP contribution in [0.3, 0.4) is 0 Å². The van der Waals surface area contributed by atoms with E-state index in [0.29, 0.717) is 0 Å². The Kier molecular flexibility index (Phi) is 1.30. The van der Waals surface area contributed by atoms with Crippen LogP contribution in [0.15, 0.2) is 11.4 Å². The Hall–Kier alpha value is -0.810. The van der Waals surface area contributed by atoms with E-state index in [-0.39, 0.29) is 5.41 Å². The van der Waals surface area contributed by atoms with Gasteiger partial charge in [-0.3, -0.25) is 0 Å². The highest BCUT2D eigenvalue weighted by Crippen LogP contribution is 2.50. The SMILES string of the molecule is Cc1ccsc1C1(C#N)CC1. The molecule has 0 unspecified atom stereocenters. The Bertz CT molecular complexity index is 315. The van der Waals surface area contributed by atoms with E-state index in [1.807, 2.05) is 0 Å². The van der Waals surface area contributed by atoms with Crippen LogP contribution < -0.4 is 0 Å². The van der Waals surface area contributed by atoms with Crippen LogP contribution in [-0.4, -0.2) is 0 Å². The molecule has 0 atom stereocenters. The molecule has 1 fully saturated rings. The van der Waals surface area contributed by atoms with Crippen LogP contribution in [0.25, 0.3) is 0 Å². The van der Waals surface area contributed by atoms with Gasteiger partial charge in [-0.05, 0) is 36.8 Å². The van der Waals surface area contributed by atoms with Crippen LogP contribution in [-0.2, 0) is 5.41 Å². The first-order valence-corrected chi connectivity index (χ1v) is 4.62. The summed E-state index contributed by atoms with van der Waals surface area (Å²) in [5.74, 6) is 0. The maximum absolute atomic E-state index is 8.91. The van der Waals surface area contributed by atoms with Gasteiger partial charge in [-0.2, -0.15) is 5.26 Å². The molecule has 1 saturated carbocycles. The first-order valence-electron chi connectivity index (χ1n) is 3.74. The Morgan fingerprint density at radius 3 is 2.73 bits per heavy atom. The van der Waals surface area contributed by atoms with Crippen molar-refractivity contribution in [2.75, 3.05) is 0 Å². The molecule has 1 heterocycles. The fourth-order valence-electron chi connectivity index (χ4n) is 1.38. The maximum Gasteiger partial charge on any atom is 0.0918 e. The van der Waals surface area contributed by atoms with E-state index < -0.39 is 0 Å². The Morgan fingerprint density at radius 2 is 2.36 bits per heavy atom. The van der Waals surface area contributed by atoms with Gasteiger partial charge in [0.15, 0.2) is 0 Å². The van der Waals surface area contributed by atoms with Crippen molar-refractivity contribution in [3.8, 4) is 6.07 Å².